The van der Waals surface area contributed by atoms with Gasteiger partial charge in [-0.15, -0.1) is 0 Å². The molecule has 3 heteroatoms. The van der Waals surface area contributed by atoms with Crippen LogP contribution in [0.3, 0.4) is 0 Å². The first-order valence-corrected chi connectivity index (χ1v) is 4.80. The molecule has 2 rings (SSSR count). The normalized spacial score (nSPS) is 21.5. The molecule has 1 aliphatic rings. The number of hydrogen-bond donors (Lipinski definition) is 1. The number of rotatable bonds is 3. The van der Waals surface area contributed by atoms with E-state index in [1.165, 1.54) is 12.8 Å². The molecule has 0 aromatic carbocycles. The van der Waals surface area contributed by atoms with E-state index in [2.05, 4.69) is 5.10 Å². The van der Waals surface area contributed by atoms with Crippen LogP contribution in [0.4, 0.5) is 0 Å². The van der Waals surface area contributed by atoms with Crippen LogP contribution in [-0.2, 0) is 12.6 Å². The molecule has 1 fully saturated rings. The Kier molecular flexibility index (Phi) is 1.91. The highest BCUT2D eigenvalue weighted by Crippen LogP contribution is 2.39. The molecular formula is C10H16N2O. The number of hydrogen-bond acceptors (Lipinski definition) is 2. The first-order chi connectivity index (χ1) is 6.08. The van der Waals surface area contributed by atoms with E-state index in [4.69, 9.17) is 0 Å². The third kappa shape index (κ3) is 1.91. The lowest BCUT2D eigenvalue weighted by Gasteiger charge is -2.20. The molecule has 13 heavy (non-hydrogen) atoms. The summed E-state index contributed by atoms with van der Waals surface area (Å²) in [5.41, 5.74) is 0.0597. The Morgan fingerprint density at radius 1 is 1.69 bits per heavy atom. The smallest absolute Gasteiger partial charge is 0.106 e. The average Bonchev–Trinajstić information content (AvgIpc) is 2.70. The summed E-state index contributed by atoms with van der Waals surface area (Å²) < 4.78 is 1.73. The van der Waals surface area contributed by atoms with Gasteiger partial charge < -0.3 is 5.11 Å². The first kappa shape index (κ1) is 8.75. The molecule has 3 nitrogen and oxygen atoms in total. The molecule has 1 atom stereocenters. The summed E-state index contributed by atoms with van der Waals surface area (Å²) in [6.45, 7) is 1.85. The molecular weight excluding hydrogens is 164 g/mol. The third-order valence-corrected chi connectivity index (χ3v) is 2.65. The van der Waals surface area contributed by atoms with E-state index in [0.717, 1.165) is 18.0 Å². The van der Waals surface area contributed by atoms with Crippen LogP contribution in [0.5, 0.6) is 0 Å². The lowest BCUT2D eigenvalue weighted by atomic mass is 9.95. The second kappa shape index (κ2) is 2.84. The zero-order valence-corrected chi connectivity index (χ0v) is 8.20. The van der Waals surface area contributed by atoms with Gasteiger partial charge in [-0.3, -0.25) is 4.68 Å². The Bertz CT molecular complexity index is 300. The van der Waals surface area contributed by atoms with Crippen LogP contribution in [0.2, 0.25) is 0 Å². The fraction of sp³-hybridized carbons (Fsp3) is 0.700. The molecule has 0 spiro atoms. The van der Waals surface area contributed by atoms with Crippen molar-refractivity contribution < 1.29 is 5.11 Å². The number of nitrogens with zero attached hydrogens (tertiary/aromatic N) is 2. The Balaban J connectivity index is 2.12. The van der Waals surface area contributed by atoms with Gasteiger partial charge in [-0.25, -0.2) is 0 Å². The van der Waals surface area contributed by atoms with Gasteiger partial charge in [-0.05, 0) is 25.3 Å². The van der Waals surface area contributed by atoms with Crippen molar-refractivity contribution in [1.82, 2.24) is 9.78 Å². The standard InChI is InChI=1S/C10H16N2O/c1-10(13,7-8-3-4-8)9-5-6-12(2)11-9/h5-6,8,13H,3-4,7H2,1-2H3. The minimum absolute atomic E-state index is 0.719. The Morgan fingerprint density at radius 3 is 2.85 bits per heavy atom. The molecule has 0 bridgehead atoms. The highest BCUT2D eigenvalue weighted by Gasteiger charge is 2.34. The Morgan fingerprint density at radius 2 is 2.38 bits per heavy atom. The van der Waals surface area contributed by atoms with E-state index in [-0.39, 0.29) is 0 Å². The lowest BCUT2D eigenvalue weighted by molar-refractivity contribution is 0.0368. The van der Waals surface area contributed by atoms with Gasteiger partial charge in [0.1, 0.15) is 5.60 Å². The SMILES string of the molecule is Cn1ccc(C(C)(O)CC2CC2)n1. The van der Waals surface area contributed by atoms with Gasteiger partial charge in [0, 0.05) is 13.2 Å². The van der Waals surface area contributed by atoms with Crippen molar-refractivity contribution in [1.29, 1.82) is 0 Å². The molecule has 1 heterocycles. The van der Waals surface area contributed by atoms with E-state index < -0.39 is 5.60 Å². The zero-order valence-electron chi connectivity index (χ0n) is 8.20. The van der Waals surface area contributed by atoms with Gasteiger partial charge in [0.25, 0.3) is 0 Å². The summed E-state index contributed by atoms with van der Waals surface area (Å²) >= 11 is 0. The second-order valence-electron chi connectivity index (χ2n) is 4.30. The van der Waals surface area contributed by atoms with Crippen LogP contribution in [-0.4, -0.2) is 14.9 Å². The Hall–Kier alpha value is -0.830. The second-order valence-corrected chi connectivity index (χ2v) is 4.30. The molecule has 1 N–H and O–H groups in total. The van der Waals surface area contributed by atoms with E-state index >= 15 is 0 Å². The van der Waals surface area contributed by atoms with E-state index in [1.807, 2.05) is 26.2 Å². The minimum Gasteiger partial charge on any atom is -0.384 e. The summed E-state index contributed by atoms with van der Waals surface area (Å²) in [5, 5.41) is 14.4. The van der Waals surface area contributed by atoms with Crippen LogP contribution < -0.4 is 0 Å². The quantitative estimate of drug-likeness (QED) is 0.764. The molecule has 72 valence electrons. The maximum Gasteiger partial charge on any atom is 0.106 e. The summed E-state index contributed by atoms with van der Waals surface area (Å²) in [4.78, 5) is 0. The Labute approximate surface area is 78.4 Å². The molecule has 1 saturated carbocycles. The lowest BCUT2D eigenvalue weighted by Crippen LogP contribution is -2.22. The van der Waals surface area contributed by atoms with Crippen molar-refractivity contribution in [2.75, 3.05) is 0 Å². The van der Waals surface area contributed by atoms with Crippen molar-refractivity contribution >= 4 is 0 Å². The molecule has 1 aliphatic carbocycles. The highest BCUT2D eigenvalue weighted by molar-refractivity contribution is 5.09. The van der Waals surface area contributed by atoms with Gasteiger partial charge in [0.05, 0.1) is 5.69 Å². The summed E-state index contributed by atoms with van der Waals surface area (Å²) in [7, 11) is 1.87. The third-order valence-electron chi connectivity index (χ3n) is 2.65. The van der Waals surface area contributed by atoms with Crippen LogP contribution in [0.25, 0.3) is 0 Å². The zero-order chi connectivity index (χ0) is 9.47. The summed E-state index contributed by atoms with van der Waals surface area (Å²) in [6, 6.07) is 1.89. The van der Waals surface area contributed by atoms with Crippen LogP contribution in [0.15, 0.2) is 12.3 Å². The van der Waals surface area contributed by atoms with E-state index in [0.29, 0.717) is 0 Å². The van der Waals surface area contributed by atoms with Gasteiger partial charge in [-0.2, -0.15) is 5.10 Å². The van der Waals surface area contributed by atoms with Crippen LogP contribution >= 0.6 is 0 Å². The average molecular weight is 180 g/mol. The van der Waals surface area contributed by atoms with Gasteiger partial charge in [0.2, 0.25) is 0 Å². The molecule has 0 aliphatic heterocycles. The number of aliphatic hydroxyl groups is 1. The first-order valence-electron chi connectivity index (χ1n) is 4.80. The number of aromatic nitrogens is 2. The topological polar surface area (TPSA) is 38.0 Å². The molecule has 0 amide bonds. The van der Waals surface area contributed by atoms with Crippen LogP contribution in [0, 0.1) is 5.92 Å². The molecule has 0 radical (unpaired) electrons. The van der Waals surface area contributed by atoms with Gasteiger partial charge in [0.15, 0.2) is 0 Å². The number of aryl methyl sites for hydroxylation is 1. The molecule has 1 unspecified atom stereocenters. The fourth-order valence-electron chi connectivity index (χ4n) is 1.69. The summed E-state index contributed by atoms with van der Waals surface area (Å²) in [6.07, 6.45) is 5.26. The van der Waals surface area contributed by atoms with Crippen molar-refractivity contribution in [2.45, 2.75) is 31.8 Å². The van der Waals surface area contributed by atoms with Crippen molar-refractivity contribution in [3.63, 3.8) is 0 Å². The molecule has 1 aromatic rings. The van der Waals surface area contributed by atoms with Crippen LogP contribution in [0.1, 0.15) is 31.9 Å². The maximum absolute atomic E-state index is 10.1. The van der Waals surface area contributed by atoms with E-state index in [1.54, 1.807) is 4.68 Å². The fourth-order valence-corrected chi connectivity index (χ4v) is 1.69. The van der Waals surface area contributed by atoms with Gasteiger partial charge >= 0.3 is 0 Å². The van der Waals surface area contributed by atoms with Crippen molar-refractivity contribution in [3.8, 4) is 0 Å². The highest BCUT2D eigenvalue weighted by atomic mass is 16.3. The maximum atomic E-state index is 10.1. The van der Waals surface area contributed by atoms with E-state index in [9.17, 15) is 5.11 Å². The predicted octanol–water partition coefficient (Wildman–Crippen LogP) is 1.43. The van der Waals surface area contributed by atoms with Crippen molar-refractivity contribution in [2.24, 2.45) is 13.0 Å². The largest absolute Gasteiger partial charge is 0.384 e. The monoisotopic (exact) mass is 180 g/mol. The van der Waals surface area contributed by atoms with Gasteiger partial charge in [-0.1, -0.05) is 12.8 Å². The molecule has 1 aromatic heterocycles. The van der Waals surface area contributed by atoms with Crippen molar-refractivity contribution in [3.05, 3.63) is 18.0 Å². The molecule has 0 saturated heterocycles. The minimum atomic E-state index is -0.734. The predicted molar refractivity (Wildman–Crippen MR) is 50.1 cm³/mol. The summed E-state index contributed by atoms with van der Waals surface area (Å²) in [5.74, 6) is 0.719.